The molecule has 0 aliphatic carbocycles. The Labute approximate surface area is 97.2 Å². The van der Waals surface area contributed by atoms with Crippen LogP contribution in [0.3, 0.4) is 0 Å². The topological polar surface area (TPSA) is 84.2 Å². The maximum atomic E-state index is 11.8. The number of rotatable bonds is 7. The first-order valence-corrected chi connectivity index (χ1v) is 5.73. The van der Waals surface area contributed by atoms with Crippen molar-refractivity contribution >= 4 is 11.8 Å². The van der Waals surface area contributed by atoms with Gasteiger partial charge in [-0.25, -0.2) is 0 Å². The van der Waals surface area contributed by atoms with Gasteiger partial charge in [0.15, 0.2) is 0 Å². The Morgan fingerprint density at radius 2 is 1.81 bits per heavy atom. The average Bonchev–Trinajstić information content (AvgIpc) is 2.17. The molecule has 16 heavy (non-hydrogen) atoms. The van der Waals surface area contributed by atoms with Crippen LogP contribution in [0.1, 0.15) is 34.1 Å². The molecular formula is C11H23N3O2. The second-order valence-corrected chi connectivity index (χ2v) is 4.31. The van der Waals surface area contributed by atoms with Crippen LogP contribution in [0.4, 0.5) is 0 Å². The fourth-order valence-corrected chi connectivity index (χ4v) is 1.31. The Balaban J connectivity index is 4.32. The summed E-state index contributed by atoms with van der Waals surface area (Å²) in [4.78, 5) is 22.7. The number of amides is 2. The molecule has 0 rings (SSSR count). The lowest BCUT2D eigenvalue weighted by Crippen LogP contribution is -2.52. The van der Waals surface area contributed by atoms with Crippen LogP contribution < -0.4 is 16.4 Å². The Hall–Kier alpha value is -1.10. The van der Waals surface area contributed by atoms with E-state index in [9.17, 15) is 9.59 Å². The summed E-state index contributed by atoms with van der Waals surface area (Å²) in [5, 5.41) is 5.74. The molecule has 0 saturated carbocycles. The van der Waals surface area contributed by atoms with Crippen molar-refractivity contribution in [2.24, 2.45) is 11.7 Å². The molecule has 94 valence electrons. The molecule has 0 heterocycles. The van der Waals surface area contributed by atoms with Crippen LogP contribution in [-0.2, 0) is 9.59 Å². The summed E-state index contributed by atoms with van der Waals surface area (Å²) in [6, 6.07) is -0.904. The fourth-order valence-electron chi connectivity index (χ4n) is 1.31. The van der Waals surface area contributed by atoms with Crippen molar-refractivity contribution in [1.29, 1.82) is 0 Å². The maximum absolute atomic E-state index is 11.8. The first-order chi connectivity index (χ1) is 7.40. The van der Waals surface area contributed by atoms with Crippen molar-refractivity contribution in [2.45, 2.75) is 46.2 Å². The monoisotopic (exact) mass is 229 g/mol. The van der Waals surface area contributed by atoms with E-state index in [-0.39, 0.29) is 17.9 Å². The molecule has 0 aliphatic rings. The van der Waals surface area contributed by atoms with E-state index < -0.39 is 11.9 Å². The van der Waals surface area contributed by atoms with Gasteiger partial charge in [-0.05, 0) is 25.8 Å². The van der Waals surface area contributed by atoms with Gasteiger partial charge in [0.1, 0.15) is 6.04 Å². The Bertz CT molecular complexity index is 241. The van der Waals surface area contributed by atoms with Crippen LogP contribution in [0.2, 0.25) is 0 Å². The molecule has 0 aliphatic heterocycles. The molecule has 0 aromatic heterocycles. The quantitative estimate of drug-likeness (QED) is 0.574. The van der Waals surface area contributed by atoms with E-state index in [1.165, 1.54) is 0 Å². The van der Waals surface area contributed by atoms with E-state index in [0.717, 1.165) is 13.0 Å². The molecular weight excluding hydrogens is 206 g/mol. The molecule has 0 aromatic carbocycles. The molecule has 5 nitrogen and oxygen atoms in total. The smallest absolute Gasteiger partial charge is 0.239 e. The van der Waals surface area contributed by atoms with Crippen LogP contribution >= 0.6 is 0 Å². The van der Waals surface area contributed by atoms with E-state index in [4.69, 9.17) is 5.73 Å². The van der Waals surface area contributed by atoms with Gasteiger partial charge in [0.05, 0.1) is 6.04 Å². The van der Waals surface area contributed by atoms with E-state index in [2.05, 4.69) is 10.6 Å². The van der Waals surface area contributed by atoms with Crippen molar-refractivity contribution in [3.8, 4) is 0 Å². The van der Waals surface area contributed by atoms with Crippen molar-refractivity contribution in [1.82, 2.24) is 10.6 Å². The zero-order valence-corrected chi connectivity index (χ0v) is 10.5. The SMILES string of the molecule is CCCN[C@H](C(=O)N[C@@H](C)C(N)=O)C(C)C. The molecule has 5 heteroatoms. The third-order valence-electron chi connectivity index (χ3n) is 2.35. The summed E-state index contributed by atoms with van der Waals surface area (Å²) >= 11 is 0. The van der Waals surface area contributed by atoms with E-state index in [1.54, 1.807) is 6.92 Å². The minimum absolute atomic E-state index is 0.172. The lowest BCUT2D eigenvalue weighted by Gasteiger charge is -2.22. The van der Waals surface area contributed by atoms with Gasteiger partial charge in [-0.2, -0.15) is 0 Å². The second-order valence-electron chi connectivity index (χ2n) is 4.31. The number of hydrogen-bond donors (Lipinski definition) is 3. The molecule has 2 atom stereocenters. The van der Waals surface area contributed by atoms with Crippen molar-refractivity contribution < 1.29 is 9.59 Å². The summed E-state index contributed by atoms with van der Waals surface area (Å²) in [6.07, 6.45) is 0.960. The summed E-state index contributed by atoms with van der Waals surface area (Å²) in [5.74, 6) is -0.521. The summed E-state index contributed by atoms with van der Waals surface area (Å²) < 4.78 is 0. The normalized spacial score (nSPS) is 14.6. The highest BCUT2D eigenvalue weighted by molar-refractivity contribution is 5.88. The Kier molecular flexibility index (Phi) is 6.72. The van der Waals surface area contributed by atoms with Gasteiger partial charge in [0.25, 0.3) is 0 Å². The standard InChI is InChI=1S/C11H23N3O2/c1-5-6-13-9(7(2)3)11(16)14-8(4)10(12)15/h7-9,13H,5-6H2,1-4H3,(H2,12,15)(H,14,16)/t8-,9-/m0/s1. The van der Waals surface area contributed by atoms with Gasteiger partial charge < -0.3 is 16.4 Å². The minimum atomic E-state index is -0.628. The molecule has 0 bridgehead atoms. The summed E-state index contributed by atoms with van der Waals surface area (Å²) in [7, 11) is 0. The average molecular weight is 229 g/mol. The first-order valence-electron chi connectivity index (χ1n) is 5.73. The van der Waals surface area contributed by atoms with Crippen LogP contribution in [0.25, 0.3) is 0 Å². The zero-order valence-electron chi connectivity index (χ0n) is 10.5. The van der Waals surface area contributed by atoms with Gasteiger partial charge in [-0.1, -0.05) is 20.8 Å². The van der Waals surface area contributed by atoms with Gasteiger partial charge in [-0.3, -0.25) is 9.59 Å². The molecule has 2 amide bonds. The Morgan fingerprint density at radius 3 is 2.19 bits per heavy atom. The lowest BCUT2D eigenvalue weighted by molar-refractivity contribution is -0.129. The predicted octanol–water partition coefficient (Wildman–Crippen LogP) is 0.000600. The first kappa shape index (κ1) is 14.9. The number of nitrogens with one attached hydrogen (secondary N) is 2. The molecule has 0 saturated heterocycles. The van der Waals surface area contributed by atoms with Gasteiger partial charge in [-0.15, -0.1) is 0 Å². The largest absolute Gasteiger partial charge is 0.368 e. The predicted molar refractivity (Wildman–Crippen MR) is 63.7 cm³/mol. The third kappa shape index (κ3) is 5.11. The van der Waals surface area contributed by atoms with Gasteiger partial charge >= 0.3 is 0 Å². The van der Waals surface area contributed by atoms with E-state index >= 15 is 0 Å². The molecule has 0 spiro atoms. The number of hydrogen-bond acceptors (Lipinski definition) is 3. The van der Waals surface area contributed by atoms with Crippen molar-refractivity contribution in [3.63, 3.8) is 0 Å². The number of primary amides is 1. The highest BCUT2D eigenvalue weighted by atomic mass is 16.2. The molecule has 0 fully saturated rings. The number of carbonyl (C=O) groups is 2. The summed E-state index contributed by atoms with van der Waals surface area (Å²) in [5.41, 5.74) is 5.09. The van der Waals surface area contributed by atoms with Gasteiger partial charge in [0, 0.05) is 0 Å². The van der Waals surface area contributed by atoms with Gasteiger partial charge in [0.2, 0.25) is 11.8 Å². The van der Waals surface area contributed by atoms with Crippen LogP contribution in [0.15, 0.2) is 0 Å². The highest BCUT2D eigenvalue weighted by Crippen LogP contribution is 2.02. The van der Waals surface area contributed by atoms with Crippen LogP contribution in [0, 0.1) is 5.92 Å². The minimum Gasteiger partial charge on any atom is -0.368 e. The Morgan fingerprint density at radius 1 is 1.25 bits per heavy atom. The lowest BCUT2D eigenvalue weighted by atomic mass is 10.0. The van der Waals surface area contributed by atoms with Crippen molar-refractivity contribution in [2.75, 3.05) is 6.54 Å². The molecule has 4 N–H and O–H groups in total. The van der Waals surface area contributed by atoms with Crippen LogP contribution in [-0.4, -0.2) is 30.4 Å². The van der Waals surface area contributed by atoms with Crippen molar-refractivity contribution in [3.05, 3.63) is 0 Å². The maximum Gasteiger partial charge on any atom is 0.239 e. The fraction of sp³-hybridized carbons (Fsp3) is 0.818. The van der Waals surface area contributed by atoms with E-state index in [1.807, 2.05) is 20.8 Å². The summed E-state index contributed by atoms with van der Waals surface area (Å²) in [6.45, 7) is 8.32. The second kappa shape index (κ2) is 7.22. The number of nitrogens with two attached hydrogens (primary N) is 1. The molecule has 0 unspecified atom stereocenters. The third-order valence-corrected chi connectivity index (χ3v) is 2.35. The van der Waals surface area contributed by atoms with E-state index in [0.29, 0.717) is 0 Å². The van der Waals surface area contributed by atoms with Crippen LogP contribution in [0.5, 0.6) is 0 Å². The molecule has 0 radical (unpaired) electrons. The zero-order chi connectivity index (χ0) is 12.7. The number of carbonyl (C=O) groups excluding carboxylic acids is 2. The molecule has 0 aromatic rings. The highest BCUT2D eigenvalue weighted by Gasteiger charge is 2.23.